The molecule has 11 heteroatoms. The third-order valence-electron chi connectivity index (χ3n) is 7.80. The maximum absolute atomic E-state index is 12.6. The fraction of sp³-hybridized carbons (Fsp3) is 0.622. The molecule has 48 heavy (non-hydrogen) atoms. The number of unbranched alkanes of at least 4 members (excludes halogenated alkanes) is 3. The maximum Gasteiger partial charge on any atom is 0.409 e. The van der Waals surface area contributed by atoms with Gasteiger partial charge >= 0.3 is 12.1 Å². The van der Waals surface area contributed by atoms with Gasteiger partial charge in [0.05, 0.1) is 79.3 Å². The van der Waals surface area contributed by atoms with Crippen LogP contribution >= 0.6 is 0 Å². The number of hydrogen-bond acceptors (Lipinski definition) is 10. The molecule has 0 aliphatic heterocycles. The molecule has 0 radical (unpaired) electrons. The van der Waals surface area contributed by atoms with Crippen LogP contribution in [0.3, 0.4) is 0 Å². The van der Waals surface area contributed by atoms with Crippen molar-refractivity contribution in [1.29, 1.82) is 0 Å². The maximum atomic E-state index is 12.6. The molecule has 0 N–H and O–H groups in total. The van der Waals surface area contributed by atoms with Crippen LogP contribution in [0.2, 0.25) is 0 Å². The van der Waals surface area contributed by atoms with Crippen LogP contribution in [0.25, 0.3) is 11.1 Å². The van der Waals surface area contributed by atoms with Crippen LogP contribution in [0.15, 0.2) is 48.5 Å². The fourth-order valence-electron chi connectivity index (χ4n) is 5.18. The smallest absolute Gasteiger partial charge is 0.409 e. The quantitative estimate of drug-likeness (QED) is 0.0851. The van der Waals surface area contributed by atoms with Gasteiger partial charge in [0.25, 0.3) is 0 Å². The molecule has 1 aliphatic rings. The zero-order valence-corrected chi connectivity index (χ0v) is 28.9. The molecular formula is C37H55NO10. The number of ether oxygens (including phenoxy) is 8. The molecule has 0 bridgehead atoms. The standard InChI is InChI=1S/C37H55NO10/c1-3-4-5-6-15-36(39)47-29-28-46-27-26-45-25-24-44-23-22-43-21-20-42-19-18-41-17-16-38(2)37(40)48-30-35-33-13-9-7-11-31(33)32-12-8-10-14-34(32)35/h7-14,35H,3-6,15-30H2,1-2H3. The third kappa shape index (κ3) is 15.4. The van der Waals surface area contributed by atoms with Gasteiger partial charge in [0.2, 0.25) is 0 Å². The van der Waals surface area contributed by atoms with Crippen molar-refractivity contribution in [3.05, 3.63) is 59.7 Å². The second-order valence-corrected chi connectivity index (χ2v) is 11.4. The van der Waals surface area contributed by atoms with Crippen molar-refractivity contribution < 1.29 is 47.5 Å². The largest absolute Gasteiger partial charge is 0.463 e. The first-order valence-corrected chi connectivity index (χ1v) is 17.3. The van der Waals surface area contributed by atoms with E-state index in [1.807, 2.05) is 24.3 Å². The topological polar surface area (TPSA) is 111 Å². The van der Waals surface area contributed by atoms with E-state index in [2.05, 4.69) is 31.2 Å². The first kappa shape index (κ1) is 39.4. The number of benzene rings is 2. The number of nitrogens with zero attached hydrogens (tertiary/aromatic N) is 1. The van der Waals surface area contributed by atoms with Crippen LogP contribution in [0.5, 0.6) is 0 Å². The molecule has 3 rings (SSSR count). The zero-order valence-electron chi connectivity index (χ0n) is 28.9. The lowest BCUT2D eigenvalue weighted by Gasteiger charge is -2.19. The lowest BCUT2D eigenvalue weighted by atomic mass is 9.98. The van der Waals surface area contributed by atoms with E-state index in [1.165, 1.54) is 27.2 Å². The zero-order chi connectivity index (χ0) is 34.1. The van der Waals surface area contributed by atoms with Crippen LogP contribution in [0, 0.1) is 0 Å². The SMILES string of the molecule is CCCCCCC(=O)OCCOCCOCCOCCOCCOCCOCCN(C)C(=O)OCC1c2ccccc2-c2ccccc21. The Kier molecular flexibility index (Phi) is 20.5. The number of hydrogen-bond donors (Lipinski definition) is 0. The fourth-order valence-corrected chi connectivity index (χ4v) is 5.18. The van der Waals surface area contributed by atoms with Crippen molar-refractivity contribution >= 4 is 12.1 Å². The van der Waals surface area contributed by atoms with Crippen molar-refractivity contribution in [2.24, 2.45) is 0 Å². The molecule has 0 heterocycles. The highest BCUT2D eigenvalue weighted by molar-refractivity contribution is 5.79. The van der Waals surface area contributed by atoms with Crippen molar-refractivity contribution in [2.45, 2.75) is 44.9 Å². The first-order chi connectivity index (χ1) is 23.6. The van der Waals surface area contributed by atoms with E-state index in [4.69, 9.17) is 37.9 Å². The minimum absolute atomic E-state index is 0.0395. The Bertz CT molecular complexity index is 1120. The van der Waals surface area contributed by atoms with E-state index in [0.29, 0.717) is 98.9 Å². The minimum Gasteiger partial charge on any atom is -0.463 e. The summed E-state index contributed by atoms with van der Waals surface area (Å²) in [7, 11) is 1.71. The number of rotatable bonds is 28. The van der Waals surface area contributed by atoms with E-state index in [0.717, 1.165) is 25.7 Å². The van der Waals surface area contributed by atoms with Crippen LogP contribution in [-0.2, 0) is 42.7 Å². The highest BCUT2D eigenvalue weighted by Crippen LogP contribution is 2.44. The lowest BCUT2D eigenvalue weighted by molar-refractivity contribution is -0.145. The molecule has 0 atom stereocenters. The predicted molar refractivity (Wildman–Crippen MR) is 182 cm³/mol. The highest BCUT2D eigenvalue weighted by atomic mass is 16.6. The molecule has 0 spiro atoms. The van der Waals surface area contributed by atoms with Gasteiger partial charge < -0.3 is 42.8 Å². The molecular weight excluding hydrogens is 618 g/mol. The van der Waals surface area contributed by atoms with Crippen molar-refractivity contribution in [3.63, 3.8) is 0 Å². The summed E-state index contributed by atoms with van der Waals surface area (Å²) in [5.41, 5.74) is 4.80. The predicted octanol–water partition coefficient (Wildman–Crippen LogP) is 5.48. The van der Waals surface area contributed by atoms with Crippen molar-refractivity contribution in [3.8, 4) is 11.1 Å². The first-order valence-electron chi connectivity index (χ1n) is 17.3. The van der Waals surface area contributed by atoms with Gasteiger partial charge in [-0.25, -0.2) is 4.79 Å². The summed E-state index contributed by atoms with van der Waals surface area (Å²) in [5.74, 6) is -0.117. The molecule has 2 aromatic carbocycles. The average molecular weight is 674 g/mol. The minimum atomic E-state index is -0.365. The van der Waals surface area contributed by atoms with Crippen LogP contribution in [0.4, 0.5) is 4.79 Å². The molecule has 0 saturated heterocycles. The Balaban J connectivity index is 1.04. The summed E-state index contributed by atoms with van der Waals surface area (Å²) >= 11 is 0. The second kappa shape index (κ2) is 25.0. The second-order valence-electron chi connectivity index (χ2n) is 11.4. The van der Waals surface area contributed by atoms with Gasteiger partial charge in [0.15, 0.2) is 0 Å². The summed E-state index contributed by atoms with van der Waals surface area (Å²) in [6.07, 6.45) is 4.37. The summed E-state index contributed by atoms with van der Waals surface area (Å²) < 4.78 is 43.8. The Morgan fingerprint density at radius 1 is 0.583 bits per heavy atom. The van der Waals surface area contributed by atoms with E-state index in [-0.39, 0.29) is 24.6 Å². The summed E-state index contributed by atoms with van der Waals surface area (Å²) in [4.78, 5) is 25.7. The summed E-state index contributed by atoms with van der Waals surface area (Å²) in [5, 5.41) is 0. The van der Waals surface area contributed by atoms with Crippen LogP contribution in [-0.4, -0.2) is 123 Å². The van der Waals surface area contributed by atoms with E-state index in [9.17, 15) is 9.59 Å². The monoisotopic (exact) mass is 673 g/mol. The lowest BCUT2D eigenvalue weighted by Crippen LogP contribution is -2.32. The number of carbonyl (C=O) groups is 2. The molecule has 2 aromatic rings. The Morgan fingerprint density at radius 3 is 1.54 bits per heavy atom. The van der Waals surface area contributed by atoms with E-state index >= 15 is 0 Å². The Labute approximate surface area is 286 Å². The molecule has 1 aliphatic carbocycles. The van der Waals surface area contributed by atoms with Gasteiger partial charge in [-0.15, -0.1) is 0 Å². The van der Waals surface area contributed by atoms with Crippen LogP contribution < -0.4 is 0 Å². The summed E-state index contributed by atoms with van der Waals surface area (Å²) in [6.45, 7) is 8.52. The van der Waals surface area contributed by atoms with Crippen molar-refractivity contribution in [1.82, 2.24) is 4.90 Å². The Morgan fingerprint density at radius 2 is 1.04 bits per heavy atom. The third-order valence-corrected chi connectivity index (χ3v) is 7.80. The van der Waals surface area contributed by atoms with E-state index < -0.39 is 0 Å². The number of carbonyl (C=O) groups excluding carboxylic acids is 2. The van der Waals surface area contributed by atoms with Crippen LogP contribution in [0.1, 0.15) is 56.1 Å². The molecule has 0 fully saturated rings. The highest BCUT2D eigenvalue weighted by Gasteiger charge is 2.29. The number of esters is 1. The molecule has 0 aromatic heterocycles. The number of amides is 1. The van der Waals surface area contributed by atoms with E-state index in [1.54, 1.807) is 7.05 Å². The molecule has 268 valence electrons. The summed E-state index contributed by atoms with van der Waals surface area (Å²) in [6, 6.07) is 16.6. The van der Waals surface area contributed by atoms with Crippen molar-refractivity contribution in [2.75, 3.05) is 106 Å². The van der Waals surface area contributed by atoms with Gasteiger partial charge in [-0.05, 0) is 28.7 Å². The normalized spacial score (nSPS) is 12.1. The van der Waals surface area contributed by atoms with Gasteiger partial charge in [-0.3, -0.25) is 4.79 Å². The molecule has 11 nitrogen and oxygen atoms in total. The average Bonchev–Trinajstić information content (AvgIpc) is 3.43. The van der Waals surface area contributed by atoms with Gasteiger partial charge in [-0.2, -0.15) is 0 Å². The number of likely N-dealkylation sites (N-methyl/N-ethyl adjacent to an activating group) is 1. The molecule has 0 saturated carbocycles. The number of fused-ring (bicyclic) bond motifs is 3. The van der Waals surface area contributed by atoms with Gasteiger partial charge in [0.1, 0.15) is 13.2 Å². The van der Waals surface area contributed by atoms with Gasteiger partial charge in [0, 0.05) is 25.9 Å². The molecule has 0 unspecified atom stereocenters. The molecule has 1 amide bonds. The van der Waals surface area contributed by atoms with Gasteiger partial charge in [-0.1, -0.05) is 74.7 Å². The Hall–Kier alpha value is -3.06.